The minimum absolute atomic E-state index is 0.133. The molecule has 9 nitrogen and oxygen atoms in total. The molecule has 1 fully saturated rings. The monoisotopic (exact) mass is 419 g/mol. The third kappa shape index (κ3) is 4.72. The number of nitrogens with one attached hydrogen (secondary N) is 2. The first-order chi connectivity index (χ1) is 14.2. The van der Waals surface area contributed by atoms with Gasteiger partial charge in [0.25, 0.3) is 5.91 Å². The highest BCUT2D eigenvalue weighted by Gasteiger charge is 2.51. The van der Waals surface area contributed by atoms with Crippen LogP contribution in [0.15, 0.2) is 24.3 Å². The van der Waals surface area contributed by atoms with Crippen molar-refractivity contribution < 1.29 is 28.7 Å². The number of rotatable bonds is 9. The van der Waals surface area contributed by atoms with Crippen molar-refractivity contribution in [2.24, 2.45) is 5.92 Å². The second-order valence-corrected chi connectivity index (χ2v) is 7.58. The molecule has 1 aliphatic heterocycles. The zero-order chi connectivity index (χ0) is 22.5. The third-order valence-electron chi connectivity index (χ3n) is 5.12. The Bertz CT molecular complexity index is 807. The Kier molecular flexibility index (Phi) is 7.42. The Morgan fingerprint density at radius 3 is 2.30 bits per heavy atom. The largest absolute Gasteiger partial charge is 0.497 e. The van der Waals surface area contributed by atoms with E-state index in [2.05, 4.69) is 10.6 Å². The number of esters is 1. The summed E-state index contributed by atoms with van der Waals surface area (Å²) in [5.74, 6) is -0.952. The maximum absolute atomic E-state index is 13.2. The Hall–Kier alpha value is -3.10. The molecule has 9 heteroatoms. The lowest BCUT2D eigenvalue weighted by Gasteiger charge is -2.26. The Balaban J connectivity index is 2.18. The zero-order valence-electron chi connectivity index (χ0n) is 18.0. The zero-order valence-corrected chi connectivity index (χ0v) is 18.0. The highest BCUT2D eigenvalue weighted by Crippen LogP contribution is 2.33. The molecule has 0 spiro atoms. The number of carbonyl (C=O) groups excluding carboxylic acids is 4. The van der Waals surface area contributed by atoms with Crippen LogP contribution < -0.4 is 15.4 Å². The van der Waals surface area contributed by atoms with Gasteiger partial charge in [-0.2, -0.15) is 0 Å². The first-order valence-electron chi connectivity index (χ1n) is 9.84. The molecule has 1 aliphatic rings. The van der Waals surface area contributed by atoms with Crippen LogP contribution in [-0.4, -0.2) is 55.5 Å². The van der Waals surface area contributed by atoms with Crippen LogP contribution in [0.1, 0.15) is 39.2 Å². The number of amides is 4. The third-order valence-corrected chi connectivity index (χ3v) is 5.12. The van der Waals surface area contributed by atoms with Crippen molar-refractivity contribution in [3.05, 3.63) is 29.8 Å². The van der Waals surface area contributed by atoms with E-state index in [1.165, 1.54) is 14.2 Å². The number of urea groups is 1. The van der Waals surface area contributed by atoms with Gasteiger partial charge < -0.3 is 20.1 Å². The molecular weight excluding hydrogens is 390 g/mol. The number of imide groups is 1. The summed E-state index contributed by atoms with van der Waals surface area (Å²) in [6.45, 7) is 5.10. The summed E-state index contributed by atoms with van der Waals surface area (Å²) in [4.78, 5) is 51.0. The number of nitrogens with zero attached hydrogens (tertiary/aromatic N) is 1. The fraction of sp³-hybridized carbons (Fsp3) is 0.524. The molecule has 2 N–H and O–H groups in total. The first kappa shape index (κ1) is 23.2. The summed E-state index contributed by atoms with van der Waals surface area (Å²) in [7, 11) is 2.78. The number of carbonyl (C=O) groups is 4. The van der Waals surface area contributed by atoms with Crippen molar-refractivity contribution in [3.8, 4) is 5.75 Å². The van der Waals surface area contributed by atoms with Crippen LogP contribution in [-0.2, 0) is 24.7 Å². The van der Waals surface area contributed by atoms with Crippen LogP contribution in [0.3, 0.4) is 0 Å². The summed E-state index contributed by atoms with van der Waals surface area (Å²) in [5, 5.41) is 5.28. The molecule has 164 valence electrons. The van der Waals surface area contributed by atoms with E-state index in [1.807, 2.05) is 13.8 Å². The number of ether oxygens (including phenoxy) is 2. The molecule has 0 aliphatic carbocycles. The van der Waals surface area contributed by atoms with Crippen molar-refractivity contribution in [1.82, 2.24) is 15.5 Å². The summed E-state index contributed by atoms with van der Waals surface area (Å²) in [5.41, 5.74) is -0.664. The van der Waals surface area contributed by atoms with Gasteiger partial charge in [-0.05, 0) is 36.5 Å². The van der Waals surface area contributed by atoms with E-state index in [9.17, 15) is 19.2 Å². The van der Waals surface area contributed by atoms with Gasteiger partial charge in [0.15, 0.2) is 0 Å². The van der Waals surface area contributed by atoms with Crippen LogP contribution in [0.2, 0.25) is 0 Å². The van der Waals surface area contributed by atoms with Crippen LogP contribution >= 0.6 is 0 Å². The standard InChI is InChI=1S/C21H29N3O6/c1-6-21(14-7-9-15(29-4)10-8-14)19(27)24(20(28)23-21)12-17(25)22-16(11-13(2)3)18(26)30-5/h7-10,13,16H,6,11-12H2,1-5H3,(H,22,25)(H,23,28)/t16-,21+/m1/s1. The van der Waals surface area contributed by atoms with E-state index >= 15 is 0 Å². The number of hydrogen-bond acceptors (Lipinski definition) is 6. The topological polar surface area (TPSA) is 114 Å². The van der Waals surface area contributed by atoms with Crippen molar-refractivity contribution in [2.75, 3.05) is 20.8 Å². The van der Waals surface area contributed by atoms with Gasteiger partial charge in [0.1, 0.15) is 23.9 Å². The van der Waals surface area contributed by atoms with Crippen LogP contribution in [0, 0.1) is 5.92 Å². The van der Waals surface area contributed by atoms with E-state index in [-0.39, 0.29) is 5.92 Å². The summed E-state index contributed by atoms with van der Waals surface area (Å²) in [6.07, 6.45) is 0.684. The summed E-state index contributed by atoms with van der Waals surface area (Å²) >= 11 is 0. The van der Waals surface area contributed by atoms with Crippen molar-refractivity contribution in [2.45, 2.75) is 45.2 Å². The quantitative estimate of drug-likeness (QED) is 0.464. The van der Waals surface area contributed by atoms with Gasteiger partial charge in [-0.1, -0.05) is 32.9 Å². The van der Waals surface area contributed by atoms with Crippen LogP contribution in [0.5, 0.6) is 5.75 Å². The van der Waals surface area contributed by atoms with Gasteiger partial charge in [-0.15, -0.1) is 0 Å². The predicted octanol–water partition coefficient (Wildman–Crippen LogP) is 1.56. The lowest BCUT2D eigenvalue weighted by atomic mass is 9.87. The molecule has 30 heavy (non-hydrogen) atoms. The molecule has 0 bridgehead atoms. The summed E-state index contributed by atoms with van der Waals surface area (Å²) in [6, 6.07) is 5.31. The molecule has 0 radical (unpaired) electrons. The van der Waals surface area contributed by atoms with Gasteiger partial charge in [0, 0.05) is 0 Å². The Morgan fingerprint density at radius 1 is 1.17 bits per heavy atom. The van der Waals surface area contributed by atoms with Crippen LogP contribution in [0.25, 0.3) is 0 Å². The van der Waals surface area contributed by atoms with E-state index < -0.39 is 41.9 Å². The summed E-state index contributed by atoms with van der Waals surface area (Å²) < 4.78 is 9.87. The van der Waals surface area contributed by atoms with E-state index in [0.717, 1.165) is 4.90 Å². The number of hydrogen-bond donors (Lipinski definition) is 2. The molecule has 0 aromatic heterocycles. The molecule has 2 rings (SSSR count). The maximum atomic E-state index is 13.2. The molecule has 2 atom stereocenters. The van der Waals surface area contributed by atoms with E-state index in [4.69, 9.17) is 9.47 Å². The SMILES string of the molecule is CC[C@@]1(c2ccc(OC)cc2)NC(=O)N(CC(=O)N[C@H](CC(C)C)C(=O)OC)C1=O. The predicted molar refractivity (Wildman–Crippen MR) is 109 cm³/mol. The van der Waals surface area contributed by atoms with Gasteiger partial charge in [-0.25, -0.2) is 9.59 Å². The average Bonchev–Trinajstić information content (AvgIpc) is 2.97. The van der Waals surface area contributed by atoms with Crippen molar-refractivity contribution in [1.29, 1.82) is 0 Å². The molecule has 1 saturated heterocycles. The van der Waals surface area contributed by atoms with Crippen LogP contribution in [0.4, 0.5) is 4.79 Å². The molecular formula is C21H29N3O6. The molecule has 1 aromatic carbocycles. The normalized spacial score (nSPS) is 19.5. The van der Waals surface area contributed by atoms with E-state index in [1.54, 1.807) is 31.2 Å². The number of benzene rings is 1. The Labute approximate surface area is 176 Å². The highest BCUT2D eigenvalue weighted by atomic mass is 16.5. The minimum atomic E-state index is -1.26. The highest BCUT2D eigenvalue weighted by molar-refractivity contribution is 6.09. The molecule has 1 heterocycles. The van der Waals surface area contributed by atoms with Gasteiger partial charge in [0.05, 0.1) is 14.2 Å². The fourth-order valence-corrected chi connectivity index (χ4v) is 3.50. The smallest absolute Gasteiger partial charge is 0.328 e. The second-order valence-electron chi connectivity index (χ2n) is 7.58. The fourth-order valence-electron chi connectivity index (χ4n) is 3.50. The van der Waals surface area contributed by atoms with E-state index in [0.29, 0.717) is 24.2 Å². The van der Waals surface area contributed by atoms with Crippen molar-refractivity contribution >= 4 is 23.8 Å². The van der Waals surface area contributed by atoms with Gasteiger partial charge >= 0.3 is 12.0 Å². The van der Waals surface area contributed by atoms with Gasteiger partial charge in [-0.3, -0.25) is 14.5 Å². The molecule has 0 unspecified atom stereocenters. The van der Waals surface area contributed by atoms with Crippen molar-refractivity contribution in [3.63, 3.8) is 0 Å². The lowest BCUT2D eigenvalue weighted by molar-refractivity contribution is -0.145. The maximum Gasteiger partial charge on any atom is 0.328 e. The average molecular weight is 419 g/mol. The van der Waals surface area contributed by atoms with Gasteiger partial charge in [0.2, 0.25) is 5.91 Å². The lowest BCUT2D eigenvalue weighted by Crippen LogP contribution is -2.48. The number of methoxy groups -OCH3 is 2. The molecule has 0 saturated carbocycles. The second kappa shape index (κ2) is 9.60. The molecule has 4 amide bonds. The minimum Gasteiger partial charge on any atom is -0.497 e. The molecule has 1 aromatic rings. The Morgan fingerprint density at radius 2 is 1.80 bits per heavy atom. The first-order valence-corrected chi connectivity index (χ1v) is 9.84.